The van der Waals surface area contributed by atoms with Crippen LogP contribution in [0.15, 0.2) is 0 Å². The van der Waals surface area contributed by atoms with Gasteiger partial charge in [0.1, 0.15) is 0 Å². The van der Waals surface area contributed by atoms with Crippen LogP contribution in [0.3, 0.4) is 0 Å². The summed E-state index contributed by atoms with van der Waals surface area (Å²) in [5, 5.41) is 0. The summed E-state index contributed by atoms with van der Waals surface area (Å²) >= 11 is 0. The van der Waals surface area contributed by atoms with Crippen LogP contribution in [-0.4, -0.2) is 24.0 Å². The molecular weight excluding hydrogens is 170 g/mol. The van der Waals surface area contributed by atoms with E-state index in [0.29, 0.717) is 6.04 Å². The van der Waals surface area contributed by atoms with Crippen LogP contribution < -0.4 is 0 Å². The average molecular weight is 195 g/mol. The van der Waals surface area contributed by atoms with Gasteiger partial charge in [-0.2, -0.15) is 0 Å². The predicted octanol–water partition coefficient (Wildman–Crippen LogP) is 3.30. The molecule has 0 aliphatic rings. The third-order valence-corrected chi connectivity index (χ3v) is 2.55. The van der Waals surface area contributed by atoms with E-state index >= 15 is 0 Å². The van der Waals surface area contributed by atoms with E-state index in [1.165, 1.54) is 25.8 Å². The molecule has 0 spiro atoms. The number of nitrogens with zero attached hydrogens (tertiary/aromatic N) is 1. The molecule has 82 valence electrons. The van der Waals surface area contributed by atoms with Gasteiger partial charge in [-0.25, -0.2) is 0 Å². The summed E-state index contributed by atoms with van der Waals surface area (Å²) in [4.78, 5) is 2.53. The highest BCUT2D eigenvalue weighted by molar-refractivity contribution is 4.83. The number of hydrogen-bond acceptors (Lipinski definition) is 1. The van der Waals surface area contributed by atoms with E-state index in [-0.39, 0.29) is 0 Å². The monoisotopic (exact) mass is 195 g/mol. The minimum Gasteiger partial charge on any atom is -0.301 e. The van der Waals surface area contributed by atoms with E-state index in [0.717, 1.165) is 19.4 Å². The molecule has 0 aliphatic carbocycles. The molecule has 0 radical (unpaired) electrons. The van der Waals surface area contributed by atoms with Crippen molar-refractivity contribution in [3.05, 3.63) is 0 Å². The van der Waals surface area contributed by atoms with Crippen molar-refractivity contribution in [1.82, 2.24) is 4.90 Å². The van der Waals surface area contributed by atoms with Crippen molar-refractivity contribution in [3.63, 3.8) is 0 Å². The molecule has 0 heterocycles. The van der Waals surface area contributed by atoms with Crippen molar-refractivity contribution in [2.45, 2.75) is 58.9 Å². The third-order valence-electron chi connectivity index (χ3n) is 2.55. The maximum Gasteiger partial charge on any atom is 0.00982 e. The van der Waals surface area contributed by atoms with Crippen molar-refractivity contribution >= 4 is 0 Å². The highest BCUT2D eigenvalue weighted by Crippen LogP contribution is 2.05. The first-order valence-electron chi connectivity index (χ1n) is 5.89. The predicted molar refractivity (Wildman–Crippen MR) is 64.3 cm³/mol. The van der Waals surface area contributed by atoms with E-state index in [1.807, 2.05) is 0 Å². The van der Waals surface area contributed by atoms with Gasteiger partial charge in [-0.05, 0) is 39.8 Å². The smallest absolute Gasteiger partial charge is 0.00982 e. The van der Waals surface area contributed by atoms with Crippen LogP contribution in [0.4, 0.5) is 0 Å². The lowest BCUT2D eigenvalue weighted by molar-refractivity contribution is 0.215. The fourth-order valence-corrected chi connectivity index (χ4v) is 1.58. The summed E-state index contributed by atoms with van der Waals surface area (Å²) in [5.41, 5.74) is 0. The van der Waals surface area contributed by atoms with Crippen LogP contribution in [0.5, 0.6) is 0 Å². The van der Waals surface area contributed by atoms with Crippen LogP contribution in [0, 0.1) is 12.3 Å². The van der Waals surface area contributed by atoms with E-state index in [1.54, 1.807) is 0 Å². The van der Waals surface area contributed by atoms with Gasteiger partial charge in [-0.1, -0.05) is 19.8 Å². The Morgan fingerprint density at radius 2 is 1.79 bits per heavy atom. The molecule has 0 aromatic carbocycles. The first kappa shape index (κ1) is 13.5. The molecule has 0 aliphatic heterocycles. The van der Waals surface area contributed by atoms with Gasteiger partial charge in [0.25, 0.3) is 0 Å². The molecule has 0 aromatic heterocycles. The Kier molecular flexibility index (Phi) is 8.78. The van der Waals surface area contributed by atoms with Gasteiger partial charge in [-0.15, -0.1) is 12.3 Å². The number of terminal acetylenes is 1. The number of hydrogen-bond donors (Lipinski definition) is 0. The van der Waals surface area contributed by atoms with Crippen LogP contribution in [0.25, 0.3) is 0 Å². The van der Waals surface area contributed by atoms with Crippen molar-refractivity contribution in [2.24, 2.45) is 0 Å². The zero-order valence-electron chi connectivity index (χ0n) is 10.1. The summed E-state index contributed by atoms with van der Waals surface area (Å²) in [7, 11) is 0. The molecule has 0 saturated heterocycles. The Hall–Kier alpha value is -0.480. The summed E-state index contributed by atoms with van der Waals surface area (Å²) in [6.45, 7) is 9.17. The Bertz CT molecular complexity index is 155. The van der Waals surface area contributed by atoms with Crippen molar-refractivity contribution in [3.8, 4) is 12.3 Å². The maximum absolute atomic E-state index is 5.24. The molecule has 0 rings (SSSR count). The van der Waals surface area contributed by atoms with Crippen molar-refractivity contribution < 1.29 is 0 Å². The molecule has 14 heavy (non-hydrogen) atoms. The average Bonchev–Trinajstić information content (AvgIpc) is 2.15. The normalized spacial score (nSPS) is 10.9. The zero-order chi connectivity index (χ0) is 10.8. The first-order valence-corrected chi connectivity index (χ1v) is 5.89. The first-order chi connectivity index (χ1) is 6.72. The van der Waals surface area contributed by atoms with Crippen LogP contribution in [0.2, 0.25) is 0 Å². The van der Waals surface area contributed by atoms with Gasteiger partial charge < -0.3 is 4.90 Å². The van der Waals surface area contributed by atoms with Crippen LogP contribution >= 0.6 is 0 Å². The van der Waals surface area contributed by atoms with Gasteiger partial charge in [0.15, 0.2) is 0 Å². The fourth-order valence-electron chi connectivity index (χ4n) is 1.58. The molecule has 0 fully saturated rings. The highest BCUT2D eigenvalue weighted by atomic mass is 15.1. The molecular formula is C13H25N. The van der Waals surface area contributed by atoms with Crippen LogP contribution in [-0.2, 0) is 0 Å². The fraction of sp³-hybridized carbons (Fsp3) is 0.846. The Balaban J connectivity index is 3.62. The summed E-state index contributed by atoms with van der Waals surface area (Å²) in [6.07, 6.45) is 11.3. The van der Waals surface area contributed by atoms with E-state index in [9.17, 15) is 0 Å². The Morgan fingerprint density at radius 3 is 2.29 bits per heavy atom. The summed E-state index contributed by atoms with van der Waals surface area (Å²) in [5.74, 6) is 2.70. The second kappa shape index (κ2) is 9.09. The zero-order valence-corrected chi connectivity index (χ0v) is 10.1. The quantitative estimate of drug-likeness (QED) is 0.424. The molecule has 0 N–H and O–H groups in total. The Morgan fingerprint density at radius 1 is 1.14 bits per heavy atom. The SMILES string of the molecule is C#CCCCN(CCCCC)C(C)C. The minimum atomic E-state index is 0.657. The summed E-state index contributed by atoms with van der Waals surface area (Å²) < 4.78 is 0. The highest BCUT2D eigenvalue weighted by Gasteiger charge is 2.07. The Labute approximate surface area is 89.9 Å². The molecule has 1 heteroatoms. The topological polar surface area (TPSA) is 3.24 Å². The molecule has 1 nitrogen and oxygen atoms in total. The molecule has 0 unspecified atom stereocenters. The molecule has 0 aromatic rings. The minimum absolute atomic E-state index is 0.657. The lowest BCUT2D eigenvalue weighted by atomic mass is 10.2. The molecule has 0 amide bonds. The van der Waals surface area contributed by atoms with Crippen molar-refractivity contribution in [1.29, 1.82) is 0 Å². The molecule has 0 bridgehead atoms. The van der Waals surface area contributed by atoms with Gasteiger partial charge in [0, 0.05) is 12.5 Å². The van der Waals surface area contributed by atoms with E-state index < -0.39 is 0 Å². The van der Waals surface area contributed by atoms with E-state index in [2.05, 4.69) is 31.6 Å². The van der Waals surface area contributed by atoms with Gasteiger partial charge >= 0.3 is 0 Å². The van der Waals surface area contributed by atoms with Gasteiger partial charge in [0.05, 0.1) is 0 Å². The second-order valence-electron chi connectivity index (χ2n) is 4.14. The second-order valence-corrected chi connectivity index (χ2v) is 4.14. The molecule has 0 atom stereocenters. The van der Waals surface area contributed by atoms with Gasteiger partial charge in [-0.3, -0.25) is 0 Å². The number of unbranched alkanes of at least 4 members (excludes halogenated alkanes) is 3. The van der Waals surface area contributed by atoms with Gasteiger partial charge in [0.2, 0.25) is 0 Å². The maximum atomic E-state index is 5.24. The lowest BCUT2D eigenvalue weighted by Gasteiger charge is -2.26. The van der Waals surface area contributed by atoms with Crippen LogP contribution in [0.1, 0.15) is 52.9 Å². The standard InChI is InChI=1S/C13H25N/c1-5-7-9-11-14(13(3)4)12-10-8-6-2/h1,13H,6-12H2,2-4H3. The van der Waals surface area contributed by atoms with E-state index in [4.69, 9.17) is 6.42 Å². The van der Waals surface area contributed by atoms with Crippen molar-refractivity contribution in [2.75, 3.05) is 13.1 Å². The summed E-state index contributed by atoms with van der Waals surface area (Å²) in [6, 6.07) is 0.657. The largest absolute Gasteiger partial charge is 0.301 e. The lowest BCUT2D eigenvalue weighted by Crippen LogP contribution is -2.32. The number of rotatable bonds is 8. The molecule has 0 saturated carbocycles. The third kappa shape index (κ3) is 6.97.